The Morgan fingerprint density at radius 3 is 1.76 bits per heavy atom. The number of hydrogen-bond donors (Lipinski definition) is 2. The molecule has 2 nitrogen and oxygen atoms in total. The molecule has 0 bridgehead atoms. The first kappa shape index (κ1) is 32.9. The third kappa shape index (κ3) is 27.1. The molecule has 0 amide bonds. The highest BCUT2D eigenvalue weighted by Crippen LogP contribution is 2.12. The Labute approximate surface area is 213 Å². The van der Waals surface area contributed by atoms with Gasteiger partial charge in [0, 0.05) is 0 Å². The first-order chi connectivity index (χ1) is 16.7. The lowest BCUT2D eigenvalue weighted by Crippen LogP contribution is -2.04. The molecule has 0 aromatic rings. The molecule has 0 aromatic heterocycles. The lowest BCUT2D eigenvalue weighted by molar-refractivity contribution is 0.164. The van der Waals surface area contributed by atoms with E-state index in [-0.39, 0.29) is 12.2 Å². The van der Waals surface area contributed by atoms with Crippen molar-refractivity contribution in [1.82, 2.24) is 0 Å². The van der Waals surface area contributed by atoms with Crippen molar-refractivity contribution in [3.8, 4) is 0 Å². The molecule has 0 aromatic carbocycles. The average Bonchev–Trinajstić information content (AvgIpc) is 2.83. The molecule has 34 heavy (non-hydrogen) atoms. The zero-order chi connectivity index (χ0) is 25.0. The van der Waals surface area contributed by atoms with E-state index in [9.17, 15) is 10.2 Å². The van der Waals surface area contributed by atoms with Gasteiger partial charge >= 0.3 is 0 Å². The SMILES string of the molecule is CC/C=C\CC(O)/C=C/CCCCC(O)C/C=C\C/C=C\CCCCCCCCCCCCC. The fourth-order valence-electron chi connectivity index (χ4n) is 4.06. The van der Waals surface area contributed by atoms with E-state index in [1.165, 1.54) is 77.0 Å². The molecule has 0 aliphatic carbocycles. The predicted octanol–water partition coefficient (Wildman–Crippen LogP) is 9.77. The maximum atomic E-state index is 10.1. The summed E-state index contributed by atoms with van der Waals surface area (Å²) < 4.78 is 0. The monoisotopic (exact) mass is 474 g/mol. The quantitative estimate of drug-likeness (QED) is 0.102. The molecule has 2 atom stereocenters. The summed E-state index contributed by atoms with van der Waals surface area (Å²) in [4.78, 5) is 0. The van der Waals surface area contributed by atoms with E-state index in [0.717, 1.165) is 44.9 Å². The second-order valence-electron chi connectivity index (χ2n) is 9.79. The van der Waals surface area contributed by atoms with Gasteiger partial charge in [-0.05, 0) is 57.8 Å². The van der Waals surface area contributed by atoms with Crippen molar-refractivity contribution in [3.05, 3.63) is 48.6 Å². The molecular weight excluding hydrogens is 416 g/mol. The van der Waals surface area contributed by atoms with Gasteiger partial charge in [0.05, 0.1) is 12.2 Å². The summed E-state index contributed by atoms with van der Waals surface area (Å²) in [6, 6.07) is 0. The van der Waals surface area contributed by atoms with Crippen LogP contribution in [-0.2, 0) is 0 Å². The molecule has 0 aliphatic rings. The molecule has 0 saturated heterocycles. The van der Waals surface area contributed by atoms with E-state index in [1.54, 1.807) is 0 Å². The Morgan fingerprint density at radius 2 is 1.09 bits per heavy atom. The molecule has 2 unspecified atom stereocenters. The van der Waals surface area contributed by atoms with Crippen molar-refractivity contribution in [2.75, 3.05) is 0 Å². The highest BCUT2D eigenvalue weighted by Gasteiger charge is 2.01. The van der Waals surface area contributed by atoms with E-state index < -0.39 is 0 Å². The van der Waals surface area contributed by atoms with Crippen LogP contribution in [0.4, 0.5) is 0 Å². The molecule has 0 saturated carbocycles. The largest absolute Gasteiger partial charge is 0.393 e. The number of unbranched alkanes of at least 4 members (excludes halogenated alkanes) is 13. The Bertz CT molecular complexity index is 503. The van der Waals surface area contributed by atoms with Gasteiger partial charge in [-0.15, -0.1) is 0 Å². The smallest absolute Gasteiger partial charge is 0.0755 e. The van der Waals surface area contributed by atoms with Crippen LogP contribution in [0.25, 0.3) is 0 Å². The summed E-state index contributed by atoms with van der Waals surface area (Å²) in [5, 5.41) is 19.9. The second kappa shape index (κ2) is 28.1. The van der Waals surface area contributed by atoms with Crippen LogP contribution in [-0.4, -0.2) is 22.4 Å². The van der Waals surface area contributed by atoms with Gasteiger partial charge in [0.25, 0.3) is 0 Å². The summed E-state index contributed by atoms with van der Waals surface area (Å²) >= 11 is 0. The van der Waals surface area contributed by atoms with Crippen molar-refractivity contribution in [3.63, 3.8) is 0 Å². The minimum atomic E-state index is -0.368. The third-order valence-electron chi connectivity index (χ3n) is 6.28. The van der Waals surface area contributed by atoms with E-state index in [2.05, 4.69) is 50.3 Å². The number of aliphatic hydroxyl groups excluding tert-OH is 2. The van der Waals surface area contributed by atoms with E-state index in [0.29, 0.717) is 6.42 Å². The lowest BCUT2D eigenvalue weighted by Gasteiger charge is -2.06. The summed E-state index contributed by atoms with van der Waals surface area (Å²) in [5.74, 6) is 0. The van der Waals surface area contributed by atoms with Crippen molar-refractivity contribution in [2.45, 2.75) is 154 Å². The van der Waals surface area contributed by atoms with Gasteiger partial charge in [-0.2, -0.15) is 0 Å². The molecule has 0 spiro atoms. The highest BCUT2D eigenvalue weighted by molar-refractivity contribution is 4.95. The van der Waals surface area contributed by atoms with Crippen molar-refractivity contribution in [1.29, 1.82) is 0 Å². The molecular formula is C32H58O2. The Hall–Kier alpha value is -1.12. The first-order valence-corrected chi connectivity index (χ1v) is 14.7. The Morgan fingerprint density at radius 1 is 0.529 bits per heavy atom. The zero-order valence-corrected chi connectivity index (χ0v) is 22.8. The molecule has 0 radical (unpaired) electrons. The molecule has 0 aliphatic heterocycles. The van der Waals surface area contributed by atoms with Crippen LogP contribution < -0.4 is 0 Å². The Kier molecular flexibility index (Phi) is 27.2. The van der Waals surface area contributed by atoms with E-state index in [1.807, 2.05) is 12.2 Å². The summed E-state index contributed by atoms with van der Waals surface area (Å²) in [6.07, 6.45) is 40.4. The Balaban J connectivity index is 3.44. The standard InChI is InChI=1S/C32H58O2/c1-3-5-7-8-9-10-11-12-13-14-15-16-17-18-19-20-24-28-32(34)30-26-22-21-25-29-31(33)27-23-6-4-2/h6,17-18,20,23-25,29,31-34H,3-5,7-16,19,21-22,26-28,30H2,1-2H3/b18-17-,23-6-,24-20-,29-25+. The van der Waals surface area contributed by atoms with Crippen LogP contribution in [0, 0.1) is 0 Å². The number of rotatable bonds is 25. The van der Waals surface area contributed by atoms with Crippen molar-refractivity contribution in [2.24, 2.45) is 0 Å². The van der Waals surface area contributed by atoms with Gasteiger partial charge < -0.3 is 10.2 Å². The molecule has 2 N–H and O–H groups in total. The minimum Gasteiger partial charge on any atom is -0.393 e. The van der Waals surface area contributed by atoms with E-state index in [4.69, 9.17) is 0 Å². The van der Waals surface area contributed by atoms with Crippen LogP contribution in [0.1, 0.15) is 142 Å². The maximum Gasteiger partial charge on any atom is 0.0755 e. The summed E-state index contributed by atoms with van der Waals surface area (Å²) in [7, 11) is 0. The van der Waals surface area contributed by atoms with Crippen LogP contribution in [0.5, 0.6) is 0 Å². The highest BCUT2D eigenvalue weighted by atomic mass is 16.3. The second-order valence-corrected chi connectivity index (χ2v) is 9.79. The van der Waals surface area contributed by atoms with Gasteiger partial charge in [-0.1, -0.05) is 133 Å². The van der Waals surface area contributed by atoms with Crippen LogP contribution in [0.2, 0.25) is 0 Å². The van der Waals surface area contributed by atoms with Gasteiger partial charge in [-0.3, -0.25) is 0 Å². The van der Waals surface area contributed by atoms with Gasteiger partial charge in [0.15, 0.2) is 0 Å². The van der Waals surface area contributed by atoms with Crippen molar-refractivity contribution >= 4 is 0 Å². The lowest BCUT2D eigenvalue weighted by atomic mass is 10.1. The fourth-order valence-corrected chi connectivity index (χ4v) is 4.06. The number of allylic oxidation sites excluding steroid dienone is 5. The average molecular weight is 475 g/mol. The van der Waals surface area contributed by atoms with Crippen LogP contribution >= 0.6 is 0 Å². The molecule has 198 valence electrons. The molecule has 0 rings (SSSR count). The zero-order valence-electron chi connectivity index (χ0n) is 22.8. The van der Waals surface area contributed by atoms with Gasteiger partial charge in [-0.25, -0.2) is 0 Å². The maximum absolute atomic E-state index is 10.1. The number of aliphatic hydroxyl groups is 2. The fraction of sp³-hybridized carbons (Fsp3) is 0.750. The van der Waals surface area contributed by atoms with Gasteiger partial charge in [0.1, 0.15) is 0 Å². The van der Waals surface area contributed by atoms with Crippen molar-refractivity contribution < 1.29 is 10.2 Å². The normalized spacial score (nSPS) is 14.4. The summed E-state index contributed by atoms with van der Waals surface area (Å²) in [6.45, 7) is 4.38. The first-order valence-electron chi connectivity index (χ1n) is 14.7. The minimum absolute atomic E-state index is 0.231. The molecule has 0 fully saturated rings. The predicted molar refractivity (Wildman–Crippen MR) is 152 cm³/mol. The van der Waals surface area contributed by atoms with Gasteiger partial charge in [0.2, 0.25) is 0 Å². The molecule has 2 heteroatoms. The third-order valence-corrected chi connectivity index (χ3v) is 6.28. The molecule has 0 heterocycles. The van der Waals surface area contributed by atoms with Crippen LogP contribution in [0.15, 0.2) is 48.6 Å². The summed E-state index contributed by atoms with van der Waals surface area (Å²) in [5.41, 5.74) is 0. The van der Waals surface area contributed by atoms with E-state index >= 15 is 0 Å². The topological polar surface area (TPSA) is 40.5 Å². The van der Waals surface area contributed by atoms with Crippen LogP contribution in [0.3, 0.4) is 0 Å². The number of hydrogen-bond acceptors (Lipinski definition) is 2.